The molecule has 0 rings (SSSR count). The van der Waals surface area contributed by atoms with Gasteiger partial charge in [-0.2, -0.15) is 0 Å². The predicted octanol–water partition coefficient (Wildman–Crippen LogP) is 2.82. The largest absolute Gasteiger partial charge is 0.480 e. The minimum atomic E-state index is -1.22. The number of aliphatic carboxylic acids is 1. The van der Waals surface area contributed by atoms with Crippen molar-refractivity contribution in [2.75, 3.05) is 5.75 Å². The molecular weight excluding hydrogens is 334 g/mol. The van der Waals surface area contributed by atoms with Crippen LogP contribution in [0.1, 0.15) is 55.4 Å². The Labute approximate surface area is 147 Å². The number of hydrogen-bond donors (Lipinski definition) is 2. The zero-order valence-electron chi connectivity index (χ0n) is 15.7. The Morgan fingerprint density at radius 2 is 1.42 bits per heavy atom. The molecule has 0 aromatic rings. The fourth-order valence-electron chi connectivity index (χ4n) is 1.66. The molecule has 0 radical (unpaired) electrons. The van der Waals surface area contributed by atoms with Gasteiger partial charge in [0, 0.05) is 4.75 Å². The van der Waals surface area contributed by atoms with Crippen molar-refractivity contribution in [3.05, 3.63) is 0 Å². The molecular formula is C16H29NO6S. The normalized spacial score (nSPS) is 13.8. The number of alkyl carbamates (subject to hydrolysis) is 1. The van der Waals surface area contributed by atoms with E-state index in [9.17, 15) is 19.5 Å². The summed E-state index contributed by atoms with van der Waals surface area (Å²) in [5.74, 6) is -1.67. The van der Waals surface area contributed by atoms with Gasteiger partial charge >= 0.3 is 18.0 Å². The molecule has 0 heterocycles. The second-order valence-corrected chi connectivity index (χ2v) is 9.53. The highest BCUT2D eigenvalue weighted by atomic mass is 32.2. The SMILES string of the molecule is CC(C)(C)OC(=O)CSC(C)(C)[C@@H](NC(=O)OC(C)(C)C)C(=O)O. The van der Waals surface area contributed by atoms with E-state index in [0.29, 0.717) is 0 Å². The molecule has 140 valence electrons. The van der Waals surface area contributed by atoms with Crippen LogP contribution in [0.5, 0.6) is 0 Å². The summed E-state index contributed by atoms with van der Waals surface area (Å²) in [6.07, 6.45) is -0.819. The smallest absolute Gasteiger partial charge is 0.408 e. The van der Waals surface area contributed by atoms with Gasteiger partial charge in [-0.25, -0.2) is 9.59 Å². The molecule has 0 saturated heterocycles. The summed E-state index contributed by atoms with van der Waals surface area (Å²) >= 11 is 1.10. The van der Waals surface area contributed by atoms with E-state index in [1.165, 1.54) is 0 Å². The maximum atomic E-state index is 11.8. The minimum Gasteiger partial charge on any atom is -0.480 e. The zero-order chi connectivity index (χ0) is 19.3. The first kappa shape index (κ1) is 22.6. The van der Waals surface area contributed by atoms with Crippen molar-refractivity contribution < 1.29 is 29.0 Å². The van der Waals surface area contributed by atoms with Gasteiger partial charge in [-0.05, 0) is 55.4 Å². The number of ether oxygens (including phenoxy) is 2. The van der Waals surface area contributed by atoms with Crippen molar-refractivity contribution in [1.29, 1.82) is 0 Å². The summed E-state index contributed by atoms with van der Waals surface area (Å²) in [6, 6.07) is -1.22. The number of carboxylic acid groups (broad SMARTS) is 1. The van der Waals surface area contributed by atoms with Gasteiger partial charge in [-0.1, -0.05) is 0 Å². The van der Waals surface area contributed by atoms with Gasteiger partial charge in [-0.3, -0.25) is 4.79 Å². The molecule has 24 heavy (non-hydrogen) atoms. The fraction of sp³-hybridized carbons (Fsp3) is 0.812. The Hall–Kier alpha value is -1.44. The van der Waals surface area contributed by atoms with Crippen LogP contribution in [0.4, 0.5) is 4.79 Å². The maximum Gasteiger partial charge on any atom is 0.408 e. The number of thioether (sulfide) groups is 1. The molecule has 0 aliphatic rings. The molecule has 8 heteroatoms. The van der Waals surface area contributed by atoms with Gasteiger partial charge in [0.25, 0.3) is 0 Å². The highest BCUT2D eigenvalue weighted by Crippen LogP contribution is 2.29. The third kappa shape index (κ3) is 9.64. The molecule has 0 aliphatic carbocycles. The first-order valence-corrected chi connectivity index (χ1v) is 8.60. The second-order valence-electron chi connectivity index (χ2n) is 7.90. The predicted molar refractivity (Wildman–Crippen MR) is 93.2 cm³/mol. The fourth-order valence-corrected chi connectivity index (χ4v) is 2.53. The molecule has 0 aromatic carbocycles. The quantitative estimate of drug-likeness (QED) is 0.700. The van der Waals surface area contributed by atoms with Crippen LogP contribution in [0, 0.1) is 0 Å². The third-order valence-electron chi connectivity index (χ3n) is 2.59. The third-order valence-corrected chi connectivity index (χ3v) is 3.95. The molecule has 0 aromatic heterocycles. The number of hydrogen-bond acceptors (Lipinski definition) is 6. The van der Waals surface area contributed by atoms with E-state index in [1.807, 2.05) is 0 Å². The Kier molecular flexibility index (Phi) is 7.61. The molecule has 7 nitrogen and oxygen atoms in total. The van der Waals surface area contributed by atoms with E-state index in [-0.39, 0.29) is 5.75 Å². The summed E-state index contributed by atoms with van der Waals surface area (Å²) in [7, 11) is 0. The summed E-state index contributed by atoms with van der Waals surface area (Å²) in [4.78, 5) is 35.2. The van der Waals surface area contributed by atoms with Crippen LogP contribution in [0.2, 0.25) is 0 Å². The molecule has 0 spiro atoms. The average Bonchev–Trinajstić information content (AvgIpc) is 2.29. The topological polar surface area (TPSA) is 102 Å². The lowest BCUT2D eigenvalue weighted by atomic mass is 10.0. The number of amides is 1. The van der Waals surface area contributed by atoms with Crippen molar-refractivity contribution in [2.45, 2.75) is 77.4 Å². The zero-order valence-corrected chi connectivity index (χ0v) is 16.5. The van der Waals surface area contributed by atoms with Crippen LogP contribution in [0.15, 0.2) is 0 Å². The summed E-state index contributed by atoms with van der Waals surface area (Å²) in [5.41, 5.74) is -1.34. The first-order chi connectivity index (χ1) is 10.5. The Morgan fingerprint density at radius 3 is 1.79 bits per heavy atom. The lowest BCUT2D eigenvalue weighted by Gasteiger charge is -2.32. The first-order valence-electron chi connectivity index (χ1n) is 7.61. The van der Waals surface area contributed by atoms with E-state index < -0.39 is 40.0 Å². The van der Waals surface area contributed by atoms with Gasteiger partial charge in [-0.15, -0.1) is 11.8 Å². The van der Waals surface area contributed by atoms with E-state index in [0.717, 1.165) is 11.8 Å². The van der Waals surface area contributed by atoms with Crippen molar-refractivity contribution in [3.8, 4) is 0 Å². The number of carbonyl (C=O) groups is 3. The van der Waals surface area contributed by atoms with Crippen molar-refractivity contribution in [3.63, 3.8) is 0 Å². The van der Waals surface area contributed by atoms with Crippen molar-refractivity contribution >= 4 is 29.8 Å². The summed E-state index contributed by atoms with van der Waals surface area (Å²) in [5, 5.41) is 11.8. The highest BCUT2D eigenvalue weighted by Gasteiger charge is 2.39. The molecule has 2 N–H and O–H groups in total. The van der Waals surface area contributed by atoms with Crippen molar-refractivity contribution in [1.82, 2.24) is 5.32 Å². The monoisotopic (exact) mass is 363 g/mol. The number of nitrogens with one attached hydrogen (secondary N) is 1. The van der Waals surface area contributed by atoms with E-state index in [1.54, 1.807) is 55.4 Å². The standard InChI is InChI=1S/C16H29NO6S/c1-14(2,3)22-10(18)9-24-16(7,8)11(12(19)20)17-13(21)23-15(4,5)6/h11H,9H2,1-8H3,(H,17,21)(H,19,20)/t11-/m0/s1. The molecule has 0 saturated carbocycles. The molecule has 1 amide bonds. The van der Waals surface area contributed by atoms with Crippen LogP contribution < -0.4 is 5.32 Å². The van der Waals surface area contributed by atoms with Crippen molar-refractivity contribution in [2.24, 2.45) is 0 Å². The Bertz CT molecular complexity index is 476. The number of rotatable bonds is 6. The minimum absolute atomic E-state index is 0.0238. The van der Waals surface area contributed by atoms with E-state index in [2.05, 4.69) is 5.32 Å². The number of esters is 1. The van der Waals surface area contributed by atoms with Gasteiger partial charge in [0.15, 0.2) is 0 Å². The highest BCUT2D eigenvalue weighted by molar-refractivity contribution is 8.01. The van der Waals surface area contributed by atoms with Gasteiger partial charge in [0.1, 0.15) is 17.2 Å². The van der Waals surface area contributed by atoms with Gasteiger partial charge in [0.2, 0.25) is 0 Å². The lowest BCUT2D eigenvalue weighted by molar-refractivity contribution is -0.151. The Balaban J connectivity index is 4.87. The molecule has 0 fully saturated rings. The van der Waals surface area contributed by atoms with E-state index >= 15 is 0 Å². The number of carbonyl (C=O) groups excluding carboxylic acids is 2. The van der Waals surface area contributed by atoms with Crippen LogP contribution in [-0.4, -0.2) is 50.9 Å². The van der Waals surface area contributed by atoms with Crippen LogP contribution in [-0.2, 0) is 19.1 Å². The molecule has 0 bridgehead atoms. The molecule has 0 unspecified atom stereocenters. The maximum absolute atomic E-state index is 11.8. The van der Waals surface area contributed by atoms with Crippen LogP contribution >= 0.6 is 11.8 Å². The second kappa shape index (κ2) is 8.09. The Morgan fingerprint density at radius 1 is 0.958 bits per heavy atom. The summed E-state index contributed by atoms with van der Waals surface area (Å²) < 4.78 is 9.35. The molecule has 0 aliphatic heterocycles. The van der Waals surface area contributed by atoms with Gasteiger partial charge in [0.05, 0.1) is 5.75 Å². The lowest BCUT2D eigenvalue weighted by Crippen LogP contribution is -2.53. The van der Waals surface area contributed by atoms with Crippen LogP contribution in [0.3, 0.4) is 0 Å². The van der Waals surface area contributed by atoms with Crippen LogP contribution in [0.25, 0.3) is 0 Å². The summed E-state index contributed by atoms with van der Waals surface area (Å²) in [6.45, 7) is 13.6. The molecule has 1 atom stereocenters. The average molecular weight is 363 g/mol. The van der Waals surface area contributed by atoms with Gasteiger partial charge < -0.3 is 19.9 Å². The van der Waals surface area contributed by atoms with E-state index in [4.69, 9.17) is 9.47 Å². The number of carboxylic acids is 1.